The van der Waals surface area contributed by atoms with E-state index in [0.29, 0.717) is 12.0 Å². The van der Waals surface area contributed by atoms with Gasteiger partial charge in [-0.05, 0) is 57.1 Å². The Morgan fingerprint density at radius 3 is 2.82 bits per heavy atom. The number of fused-ring (bicyclic) bond motifs is 2. The van der Waals surface area contributed by atoms with E-state index in [4.69, 9.17) is 4.74 Å². The van der Waals surface area contributed by atoms with Crippen LogP contribution in [0.2, 0.25) is 0 Å². The van der Waals surface area contributed by atoms with Gasteiger partial charge in [0.25, 0.3) is 0 Å². The van der Waals surface area contributed by atoms with E-state index in [1.54, 1.807) is 0 Å². The number of benzene rings is 1. The Hall–Kier alpha value is -1.35. The fraction of sp³-hybridized carbons (Fsp3) is 0.632. The molecule has 4 atom stereocenters. The van der Waals surface area contributed by atoms with Crippen molar-refractivity contribution in [2.75, 3.05) is 6.54 Å². The molecule has 118 valence electrons. The Labute approximate surface area is 132 Å². The lowest BCUT2D eigenvalue weighted by molar-refractivity contribution is -0.138. The van der Waals surface area contributed by atoms with E-state index in [1.165, 1.54) is 16.7 Å². The van der Waals surface area contributed by atoms with Crippen molar-refractivity contribution in [2.45, 2.75) is 64.2 Å². The molecule has 0 saturated carbocycles. The number of ether oxygens (including phenoxy) is 1. The third kappa shape index (κ3) is 2.26. The molecule has 4 rings (SSSR count). The molecule has 3 fully saturated rings. The summed E-state index contributed by atoms with van der Waals surface area (Å²) >= 11 is 0. The normalized spacial score (nSPS) is 33.6. The predicted octanol–water partition coefficient (Wildman–Crippen LogP) is 3.53. The molecule has 1 aromatic rings. The van der Waals surface area contributed by atoms with Crippen LogP contribution in [-0.2, 0) is 9.53 Å². The summed E-state index contributed by atoms with van der Waals surface area (Å²) < 4.78 is 5.90. The van der Waals surface area contributed by atoms with E-state index in [-0.39, 0.29) is 18.1 Å². The van der Waals surface area contributed by atoms with Crippen LogP contribution in [0.25, 0.3) is 0 Å². The average Bonchev–Trinajstić information content (AvgIpc) is 3.24. The molecule has 22 heavy (non-hydrogen) atoms. The van der Waals surface area contributed by atoms with E-state index in [2.05, 4.69) is 36.9 Å². The van der Waals surface area contributed by atoms with Crippen LogP contribution in [0.4, 0.5) is 0 Å². The van der Waals surface area contributed by atoms with Gasteiger partial charge in [0.1, 0.15) is 0 Å². The van der Waals surface area contributed by atoms with Gasteiger partial charge in [-0.3, -0.25) is 4.79 Å². The maximum Gasteiger partial charge on any atom is 0.228 e. The van der Waals surface area contributed by atoms with Crippen molar-refractivity contribution in [2.24, 2.45) is 5.92 Å². The van der Waals surface area contributed by atoms with Crippen molar-refractivity contribution in [3.8, 4) is 0 Å². The fourth-order valence-electron chi connectivity index (χ4n) is 4.58. The summed E-state index contributed by atoms with van der Waals surface area (Å²) in [6.45, 7) is 5.20. The number of carbonyl (C=O) groups is 1. The molecule has 1 amide bonds. The van der Waals surface area contributed by atoms with Crippen molar-refractivity contribution >= 4 is 5.91 Å². The van der Waals surface area contributed by atoms with Crippen LogP contribution in [0.1, 0.15) is 54.8 Å². The minimum Gasteiger partial charge on any atom is -0.374 e. The molecule has 0 aliphatic carbocycles. The van der Waals surface area contributed by atoms with Crippen LogP contribution in [0.3, 0.4) is 0 Å². The second-order valence-electron chi connectivity index (χ2n) is 7.27. The standard InChI is InChI=1S/C19H25NO2/c1-12-5-6-13(2)15(10-12)17-4-3-9-20(17)19(21)16-11-14-7-8-18(16)22-14/h5-6,10,14,16-18H,3-4,7-9,11H2,1-2H3. The Balaban J connectivity index is 1.58. The zero-order valence-electron chi connectivity index (χ0n) is 13.5. The lowest BCUT2D eigenvalue weighted by Gasteiger charge is -2.30. The summed E-state index contributed by atoms with van der Waals surface area (Å²) in [5.74, 6) is 0.458. The third-order valence-corrected chi connectivity index (χ3v) is 5.75. The van der Waals surface area contributed by atoms with Gasteiger partial charge >= 0.3 is 0 Å². The van der Waals surface area contributed by atoms with Gasteiger partial charge < -0.3 is 9.64 Å². The van der Waals surface area contributed by atoms with Crippen molar-refractivity contribution in [1.82, 2.24) is 4.90 Å². The topological polar surface area (TPSA) is 29.5 Å². The molecular weight excluding hydrogens is 274 g/mol. The molecular formula is C19H25NO2. The molecule has 3 aliphatic heterocycles. The number of rotatable bonds is 2. The van der Waals surface area contributed by atoms with Crippen molar-refractivity contribution in [3.05, 3.63) is 34.9 Å². The third-order valence-electron chi connectivity index (χ3n) is 5.75. The molecule has 0 N–H and O–H groups in total. The molecule has 3 nitrogen and oxygen atoms in total. The Kier molecular flexibility index (Phi) is 3.48. The lowest BCUT2D eigenvalue weighted by Crippen LogP contribution is -2.39. The first-order valence-electron chi connectivity index (χ1n) is 8.66. The summed E-state index contributed by atoms with van der Waals surface area (Å²) in [4.78, 5) is 15.2. The van der Waals surface area contributed by atoms with Gasteiger partial charge in [0.2, 0.25) is 5.91 Å². The smallest absolute Gasteiger partial charge is 0.228 e. The molecule has 1 aromatic carbocycles. The summed E-state index contributed by atoms with van der Waals surface area (Å²) in [5.41, 5.74) is 3.93. The van der Waals surface area contributed by atoms with Gasteiger partial charge in [-0.25, -0.2) is 0 Å². The van der Waals surface area contributed by atoms with Crippen LogP contribution < -0.4 is 0 Å². The molecule has 3 aliphatic rings. The average molecular weight is 299 g/mol. The first-order valence-corrected chi connectivity index (χ1v) is 8.66. The maximum atomic E-state index is 13.1. The molecule has 0 aromatic heterocycles. The van der Waals surface area contributed by atoms with Crippen molar-refractivity contribution in [3.63, 3.8) is 0 Å². The second-order valence-corrected chi connectivity index (χ2v) is 7.27. The van der Waals surface area contributed by atoms with Crippen LogP contribution in [0.15, 0.2) is 18.2 Å². The summed E-state index contributed by atoms with van der Waals surface area (Å²) in [7, 11) is 0. The second kappa shape index (κ2) is 5.38. The summed E-state index contributed by atoms with van der Waals surface area (Å²) in [6.07, 6.45) is 5.92. The number of carbonyl (C=O) groups excluding carboxylic acids is 1. The van der Waals surface area contributed by atoms with E-state index in [1.807, 2.05) is 0 Å². The molecule has 4 unspecified atom stereocenters. The maximum absolute atomic E-state index is 13.1. The molecule has 3 saturated heterocycles. The lowest BCUT2D eigenvalue weighted by atomic mass is 9.87. The van der Waals surface area contributed by atoms with Crippen LogP contribution in [-0.4, -0.2) is 29.6 Å². The highest BCUT2D eigenvalue weighted by Gasteiger charge is 2.47. The van der Waals surface area contributed by atoms with Gasteiger partial charge in [-0.1, -0.05) is 23.8 Å². The Bertz CT molecular complexity index is 597. The van der Waals surface area contributed by atoms with E-state index in [0.717, 1.165) is 38.6 Å². The first kappa shape index (κ1) is 14.3. The number of hydrogen-bond acceptors (Lipinski definition) is 2. The largest absolute Gasteiger partial charge is 0.374 e. The summed E-state index contributed by atoms with van der Waals surface area (Å²) in [6, 6.07) is 6.88. The monoisotopic (exact) mass is 299 g/mol. The Morgan fingerprint density at radius 2 is 2.09 bits per heavy atom. The number of hydrogen-bond donors (Lipinski definition) is 0. The van der Waals surface area contributed by atoms with Gasteiger partial charge in [-0.2, -0.15) is 0 Å². The highest BCUT2D eigenvalue weighted by Crippen LogP contribution is 2.42. The number of nitrogens with zero attached hydrogens (tertiary/aromatic N) is 1. The quantitative estimate of drug-likeness (QED) is 0.836. The fourth-order valence-corrected chi connectivity index (χ4v) is 4.58. The van der Waals surface area contributed by atoms with Gasteiger partial charge in [0.05, 0.1) is 24.2 Å². The first-order chi connectivity index (χ1) is 10.6. The van der Waals surface area contributed by atoms with Crippen LogP contribution in [0, 0.1) is 19.8 Å². The number of aryl methyl sites for hydroxylation is 2. The van der Waals surface area contributed by atoms with Crippen molar-refractivity contribution < 1.29 is 9.53 Å². The zero-order chi connectivity index (χ0) is 15.3. The van der Waals surface area contributed by atoms with Crippen LogP contribution >= 0.6 is 0 Å². The number of amides is 1. The van der Waals surface area contributed by atoms with Gasteiger partial charge in [0, 0.05) is 6.54 Å². The Morgan fingerprint density at radius 1 is 1.23 bits per heavy atom. The van der Waals surface area contributed by atoms with Crippen molar-refractivity contribution in [1.29, 1.82) is 0 Å². The van der Waals surface area contributed by atoms with E-state index in [9.17, 15) is 4.79 Å². The zero-order valence-corrected chi connectivity index (χ0v) is 13.5. The highest BCUT2D eigenvalue weighted by atomic mass is 16.5. The number of likely N-dealkylation sites (tertiary alicyclic amines) is 1. The van der Waals surface area contributed by atoms with E-state index < -0.39 is 0 Å². The van der Waals surface area contributed by atoms with Crippen LogP contribution in [0.5, 0.6) is 0 Å². The molecule has 2 bridgehead atoms. The van der Waals surface area contributed by atoms with Gasteiger partial charge in [0.15, 0.2) is 0 Å². The molecule has 3 heteroatoms. The minimum absolute atomic E-state index is 0.115. The minimum atomic E-state index is 0.115. The molecule has 0 radical (unpaired) electrons. The molecule has 0 spiro atoms. The summed E-state index contributed by atoms with van der Waals surface area (Å²) in [5, 5.41) is 0. The predicted molar refractivity (Wildman–Crippen MR) is 85.6 cm³/mol. The van der Waals surface area contributed by atoms with Gasteiger partial charge in [-0.15, -0.1) is 0 Å². The van der Waals surface area contributed by atoms with E-state index >= 15 is 0 Å². The molecule has 3 heterocycles. The SMILES string of the molecule is Cc1ccc(C)c(C2CCCN2C(=O)C2CC3CCC2O3)c1. The highest BCUT2D eigenvalue weighted by molar-refractivity contribution is 5.81.